The SMILES string of the molecule is Cc1cc(C)c(C(=O)NCc2cc(Br)ccc2F)cc1N. The van der Waals surface area contributed by atoms with E-state index in [1.807, 2.05) is 19.9 Å². The fourth-order valence-corrected chi connectivity index (χ4v) is 2.47. The third-order valence-corrected chi connectivity index (χ3v) is 3.80. The molecule has 0 unspecified atom stereocenters. The van der Waals surface area contributed by atoms with Crippen LogP contribution in [-0.2, 0) is 6.54 Å². The maximum Gasteiger partial charge on any atom is 0.251 e. The quantitative estimate of drug-likeness (QED) is 0.829. The van der Waals surface area contributed by atoms with Crippen LogP contribution in [0.15, 0.2) is 34.8 Å². The number of aryl methyl sites for hydroxylation is 2. The molecule has 3 N–H and O–H groups in total. The number of nitrogens with one attached hydrogen (secondary N) is 1. The Morgan fingerprint density at radius 2 is 1.95 bits per heavy atom. The van der Waals surface area contributed by atoms with Gasteiger partial charge < -0.3 is 11.1 Å². The van der Waals surface area contributed by atoms with Gasteiger partial charge in [0, 0.05) is 27.8 Å². The number of amides is 1. The number of rotatable bonds is 3. The zero-order valence-electron chi connectivity index (χ0n) is 11.8. The smallest absolute Gasteiger partial charge is 0.251 e. The van der Waals surface area contributed by atoms with Crippen LogP contribution in [0.2, 0.25) is 0 Å². The van der Waals surface area contributed by atoms with Gasteiger partial charge in [-0.2, -0.15) is 0 Å². The number of carbonyl (C=O) groups excluding carboxylic acids is 1. The van der Waals surface area contributed by atoms with Crippen LogP contribution < -0.4 is 11.1 Å². The molecule has 0 heterocycles. The minimum atomic E-state index is -0.348. The van der Waals surface area contributed by atoms with E-state index in [9.17, 15) is 9.18 Å². The van der Waals surface area contributed by atoms with Crippen LogP contribution in [-0.4, -0.2) is 5.91 Å². The van der Waals surface area contributed by atoms with E-state index in [0.29, 0.717) is 16.8 Å². The minimum absolute atomic E-state index is 0.122. The molecule has 3 nitrogen and oxygen atoms in total. The number of halogens is 2. The van der Waals surface area contributed by atoms with Crippen molar-refractivity contribution in [2.45, 2.75) is 20.4 Å². The van der Waals surface area contributed by atoms with Gasteiger partial charge in [-0.05, 0) is 49.2 Å². The molecule has 0 aliphatic heterocycles. The molecule has 0 radical (unpaired) electrons. The second-order valence-electron chi connectivity index (χ2n) is 4.94. The zero-order valence-corrected chi connectivity index (χ0v) is 13.4. The maximum absolute atomic E-state index is 13.6. The van der Waals surface area contributed by atoms with Crippen LogP contribution in [0.3, 0.4) is 0 Å². The van der Waals surface area contributed by atoms with E-state index in [1.165, 1.54) is 6.07 Å². The first kappa shape index (κ1) is 15.5. The minimum Gasteiger partial charge on any atom is -0.398 e. The predicted molar refractivity (Wildman–Crippen MR) is 85.6 cm³/mol. The summed E-state index contributed by atoms with van der Waals surface area (Å²) in [5.41, 5.74) is 9.11. The van der Waals surface area contributed by atoms with Gasteiger partial charge in [-0.1, -0.05) is 22.0 Å². The van der Waals surface area contributed by atoms with E-state index in [2.05, 4.69) is 21.2 Å². The first-order valence-electron chi connectivity index (χ1n) is 6.47. The number of nitrogen functional groups attached to an aromatic ring is 1. The van der Waals surface area contributed by atoms with Gasteiger partial charge in [0.15, 0.2) is 0 Å². The Kier molecular flexibility index (Phi) is 4.63. The van der Waals surface area contributed by atoms with E-state index in [4.69, 9.17) is 5.73 Å². The van der Waals surface area contributed by atoms with Gasteiger partial charge >= 0.3 is 0 Å². The molecule has 0 aromatic heterocycles. The topological polar surface area (TPSA) is 55.1 Å². The molecule has 0 saturated carbocycles. The third-order valence-electron chi connectivity index (χ3n) is 3.30. The molecule has 0 atom stereocenters. The Morgan fingerprint density at radius 3 is 2.67 bits per heavy atom. The summed E-state index contributed by atoms with van der Waals surface area (Å²) in [5.74, 6) is -0.614. The molecular formula is C16H16BrFN2O. The highest BCUT2D eigenvalue weighted by Gasteiger charge is 2.12. The van der Waals surface area contributed by atoms with Crippen LogP contribution >= 0.6 is 15.9 Å². The molecule has 1 amide bonds. The van der Waals surface area contributed by atoms with Gasteiger partial charge in [-0.3, -0.25) is 4.79 Å². The van der Waals surface area contributed by atoms with E-state index < -0.39 is 0 Å². The molecule has 2 aromatic carbocycles. The number of benzene rings is 2. The standard InChI is InChI=1S/C16H16BrFN2O/c1-9-5-10(2)15(19)7-13(9)16(21)20-8-11-6-12(17)3-4-14(11)18/h3-7H,8,19H2,1-2H3,(H,20,21). The molecule has 2 rings (SSSR count). The Labute approximate surface area is 131 Å². The second kappa shape index (κ2) is 6.26. The van der Waals surface area contributed by atoms with Crippen molar-refractivity contribution in [2.75, 3.05) is 5.73 Å². The van der Waals surface area contributed by atoms with Crippen LogP contribution in [0.5, 0.6) is 0 Å². The summed E-state index contributed by atoms with van der Waals surface area (Å²) >= 11 is 3.28. The number of hydrogen-bond donors (Lipinski definition) is 2. The van der Waals surface area contributed by atoms with Gasteiger partial charge in [-0.15, -0.1) is 0 Å². The zero-order chi connectivity index (χ0) is 15.6. The van der Waals surface area contributed by atoms with Gasteiger partial charge in [0.1, 0.15) is 5.82 Å². The Bertz CT molecular complexity index is 701. The average molecular weight is 351 g/mol. The monoisotopic (exact) mass is 350 g/mol. The number of nitrogens with two attached hydrogens (primary N) is 1. The summed E-state index contributed by atoms with van der Waals surface area (Å²) in [7, 11) is 0. The lowest BCUT2D eigenvalue weighted by molar-refractivity contribution is 0.0950. The fraction of sp³-hybridized carbons (Fsp3) is 0.188. The average Bonchev–Trinajstić information content (AvgIpc) is 2.43. The van der Waals surface area contributed by atoms with Crippen molar-refractivity contribution < 1.29 is 9.18 Å². The predicted octanol–water partition coefficient (Wildman–Crippen LogP) is 3.72. The lowest BCUT2D eigenvalue weighted by atomic mass is 10.0. The molecule has 0 aliphatic rings. The summed E-state index contributed by atoms with van der Waals surface area (Å²) in [6.45, 7) is 3.86. The van der Waals surface area contributed by atoms with Crippen LogP contribution in [0.1, 0.15) is 27.0 Å². The summed E-state index contributed by atoms with van der Waals surface area (Å²) in [5, 5.41) is 2.72. The number of carbonyl (C=O) groups is 1. The molecule has 0 fully saturated rings. The lowest BCUT2D eigenvalue weighted by Gasteiger charge is -2.11. The highest BCUT2D eigenvalue weighted by atomic mass is 79.9. The van der Waals surface area contributed by atoms with Gasteiger partial charge in [0.25, 0.3) is 5.91 Å². The first-order valence-corrected chi connectivity index (χ1v) is 7.26. The van der Waals surface area contributed by atoms with Crippen molar-refractivity contribution in [3.63, 3.8) is 0 Å². The normalized spacial score (nSPS) is 10.5. The molecule has 0 spiro atoms. The molecule has 21 heavy (non-hydrogen) atoms. The van der Waals surface area contributed by atoms with Crippen molar-refractivity contribution in [3.8, 4) is 0 Å². The summed E-state index contributed by atoms with van der Waals surface area (Å²) in [6, 6.07) is 8.14. The molecule has 2 aromatic rings. The van der Waals surface area contributed by atoms with Crippen LogP contribution in [0.25, 0.3) is 0 Å². The van der Waals surface area contributed by atoms with Crippen molar-refractivity contribution in [1.29, 1.82) is 0 Å². The van der Waals surface area contributed by atoms with Gasteiger partial charge in [0.05, 0.1) is 0 Å². The first-order chi connectivity index (χ1) is 9.88. The van der Waals surface area contributed by atoms with Crippen molar-refractivity contribution in [2.24, 2.45) is 0 Å². The van der Waals surface area contributed by atoms with E-state index in [0.717, 1.165) is 15.6 Å². The highest BCUT2D eigenvalue weighted by molar-refractivity contribution is 9.10. The Balaban J connectivity index is 2.15. The molecule has 110 valence electrons. The lowest BCUT2D eigenvalue weighted by Crippen LogP contribution is -2.24. The highest BCUT2D eigenvalue weighted by Crippen LogP contribution is 2.19. The molecular weight excluding hydrogens is 335 g/mol. The largest absolute Gasteiger partial charge is 0.398 e. The molecule has 0 saturated heterocycles. The second-order valence-corrected chi connectivity index (χ2v) is 5.86. The van der Waals surface area contributed by atoms with Crippen LogP contribution in [0, 0.1) is 19.7 Å². The van der Waals surface area contributed by atoms with E-state index >= 15 is 0 Å². The van der Waals surface area contributed by atoms with Gasteiger partial charge in [-0.25, -0.2) is 4.39 Å². The fourth-order valence-electron chi connectivity index (χ4n) is 2.06. The third kappa shape index (κ3) is 3.61. The molecule has 5 heteroatoms. The van der Waals surface area contributed by atoms with Crippen molar-refractivity contribution in [1.82, 2.24) is 5.32 Å². The Hall–Kier alpha value is -1.88. The van der Waals surface area contributed by atoms with E-state index in [1.54, 1.807) is 18.2 Å². The summed E-state index contributed by atoms with van der Waals surface area (Å²) in [4.78, 5) is 12.2. The van der Waals surface area contributed by atoms with Crippen molar-refractivity contribution >= 4 is 27.5 Å². The maximum atomic E-state index is 13.6. The number of hydrogen-bond acceptors (Lipinski definition) is 2. The molecule has 0 bridgehead atoms. The summed E-state index contributed by atoms with van der Waals surface area (Å²) in [6.07, 6.45) is 0. The van der Waals surface area contributed by atoms with Crippen LogP contribution in [0.4, 0.5) is 10.1 Å². The number of anilines is 1. The van der Waals surface area contributed by atoms with E-state index in [-0.39, 0.29) is 18.3 Å². The Morgan fingerprint density at radius 1 is 1.24 bits per heavy atom. The summed E-state index contributed by atoms with van der Waals surface area (Å²) < 4.78 is 14.4. The van der Waals surface area contributed by atoms with Gasteiger partial charge in [0.2, 0.25) is 0 Å². The molecule has 0 aliphatic carbocycles. The van der Waals surface area contributed by atoms with Crippen molar-refractivity contribution in [3.05, 3.63) is 62.9 Å².